The maximum absolute atomic E-state index is 11.8. The summed E-state index contributed by atoms with van der Waals surface area (Å²) in [4.78, 5) is 23.3. The average Bonchev–Trinajstić information content (AvgIpc) is 2.95. The summed E-state index contributed by atoms with van der Waals surface area (Å²) >= 11 is 0. The summed E-state index contributed by atoms with van der Waals surface area (Å²) in [6.45, 7) is 2.26. The van der Waals surface area contributed by atoms with Crippen molar-refractivity contribution >= 4 is 23.2 Å². The smallest absolute Gasteiger partial charge is 0.253 e. The van der Waals surface area contributed by atoms with Crippen molar-refractivity contribution in [2.24, 2.45) is 5.73 Å². The standard InChI is InChI=1S/C14H19N3O3/c1-9(15)13(18)16-10-4-6-11(7-5-10)17-14(19)12-3-2-8-20-12/h4-7,9,12H,2-3,8,15H2,1H3,(H,16,18)(H,17,19). The molecule has 6 heteroatoms. The molecule has 1 aromatic carbocycles. The molecule has 0 bridgehead atoms. The second-order valence-corrected chi connectivity index (χ2v) is 4.85. The first kappa shape index (κ1) is 14.5. The summed E-state index contributed by atoms with van der Waals surface area (Å²) in [7, 11) is 0. The van der Waals surface area contributed by atoms with Crippen LogP contribution in [0, 0.1) is 0 Å². The molecule has 1 aromatic rings. The molecule has 108 valence electrons. The third-order valence-corrected chi connectivity index (χ3v) is 3.06. The second kappa shape index (κ2) is 6.49. The Morgan fingerprint density at radius 3 is 2.35 bits per heavy atom. The van der Waals surface area contributed by atoms with Crippen LogP contribution in [0.25, 0.3) is 0 Å². The van der Waals surface area contributed by atoms with E-state index in [1.54, 1.807) is 31.2 Å². The van der Waals surface area contributed by atoms with Gasteiger partial charge in [0.05, 0.1) is 6.04 Å². The minimum atomic E-state index is -0.561. The molecule has 0 saturated carbocycles. The van der Waals surface area contributed by atoms with E-state index in [4.69, 9.17) is 10.5 Å². The van der Waals surface area contributed by atoms with Crippen molar-refractivity contribution in [2.75, 3.05) is 17.2 Å². The van der Waals surface area contributed by atoms with Gasteiger partial charge in [0.15, 0.2) is 0 Å². The number of ether oxygens (including phenoxy) is 1. The molecule has 20 heavy (non-hydrogen) atoms. The molecule has 0 aliphatic carbocycles. The molecule has 6 nitrogen and oxygen atoms in total. The molecule has 1 fully saturated rings. The predicted molar refractivity (Wildman–Crippen MR) is 76.3 cm³/mol. The van der Waals surface area contributed by atoms with Crippen LogP contribution in [-0.2, 0) is 14.3 Å². The minimum Gasteiger partial charge on any atom is -0.368 e. The van der Waals surface area contributed by atoms with Gasteiger partial charge in [-0.2, -0.15) is 0 Å². The molecule has 2 rings (SSSR count). The largest absolute Gasteiger partial charge is 0.368 e. The van der Waals surface area contributed by atoms with Gasteiger partial charge >= 0.3 is 0 Å². The fraction of sp³-hybridized carbons (Fsp3) is 0.429. The highest BCUT2D eigenvalue weighted by molar-refractivity contribution is 5.96. The fourth-order valence-corrected chi connectivity index (χ4v) is 1.90. The number of rotatable bonds is 4. The Morgan fingerprint density at radius 2 is 1.85 bits per heavy atom. The zero-order chi connectivity index (χ0) is 14.5. The summed E-state index contributed by atoms with van der Waals surface area (Å²) < 4.78 is 5.31. The molecular weight excluding hydrogens is 258 g/mol. The Labute approximate surface area is 117 Å². The molecule has 1 aliphatic rings. The van der Waals surface area contributed by atoms with Gasteiger partial charge in [-0.3, -0.25) is 9.59 Å². The number of amides is 2. The lowest BCUT2D eigenvalue weighted by Gasteiger charge is -2.11. The Kier molecular flexibility index (Phi) is 4.70. The lowest BCUT2D eigenvalue weighted by atomic mass is 10.2. The topological polar surface area (TPSA) is 93.5 Å². The Hall–Kier alpha value is -1.92. The lowest BCUT2D eigenvalue weighted by molar-refractivity contribution is -0.124. The van der Waals surface area contributed by atoms with Gasteiger partial charge < -0.3 is 21.1 Å². The van der Waals surface area contributed by atoms with Crippen LogP contribution in [0.4, 0.5) is 11.4 Å². The van der Waals surface area contributed by atoms with E-state index in [2.05, 4.69) is 10.6 Å². The summed E-state index contributed by atoms with van der Waals surface area (Å²) in [5.74, 6) is -0.379. The first-order chi connectivity index (χ1) is 9.56. The van der Waals surface area contributed by atoms with Crippen molar-refractivity contribution in [3.63, 3.8) is 0 Å². The first-order valence-corrected chi connectivity index (χ1v) is 6.65. The third-order valence-electron chi connectivity index (χ3n) is 3.06. The van der Waals surface area contributed by atoms with E-state index in [0.717, 1.165) is 12.8 Å². The first-order valence-electron chi connectivity index (χ1n) is 6.65. The van der Waals surface area contributed by atoms with Crippen molar-refractivity contribution in [2.45, 2.75) is 31.9 Å². The zero-order valence-corrected chi connectivity index (χ0v) is 11.4. The van der Waals surface area contributed by atoms with Crippen molar-refractivity contribution in [3.8, 4) is 0 Å². The van der Waals surface area contributed by atoms with Crippen LogP contribution < -0.4 is 16.4 Å². The number of benzene rings is 1. The number of carbonyl (C=O) groups is 2. The monoisotopic (exact) mass is 277 g/mol. The van der Waals surface area contributed by atoms with Crippen molar-refractivity contribution in [1.82, 2.24) is 0 Å². The quantitative estimate of drug-likeness (QED) is 0.768. The van der Waals surface area contributed by atoms with Crippen molar-refractivity contribution in [3.05, 3.63) is 24.3 Å². The Balaban J connectivity index is 1.91. The molecule has 2 amide bonds. The van der Waals surface area contributed by atoms with E-state index < -0.39 is 6.04 Å². The van der Waals surface area contributed by atoms with Gasteiger partial charge in [-0.25, -0.2) is 0 Å². The van der Waals surface area contributed by atoms with Gasteiger partial charge in [0.25, 0.3) is 5.91 Å². The predicted octanol–water partition coefficient (Wildman–Crippen LogP) is 1.09. The average molecular weight is 277 g/mol. The fourth-order valence-electron chi connectivity index (χ4n) is 1.90. The van der Waals surface area contributed by atoms with Crippen LogP contribution in [0.3, 0.4) is 0 Å². The van der Waals surface area contributed by atoms with E-state index in [1.165, 1.54) is 0 Å². The number of carbonyl (C=O) groups excluding carboxylic acids is 2. The van der Waals surface area contributed by atoms with Crippen molar-refractivity contribution in [1.29, 1.82) is 0 Å². The van der Waals surface area contributed by atoms with E-state index in [0.29, 0.717) is 18.0 Å². The summed E-state index contributed by atoms with van der Waals surface area (Å²) in [6.07, 6.45) is 1.32. The van der Waals surface area contributed by atoms with Gasteiger partial charge in [-0.05, 0) is 44.0 Å². The van der Waals surface area contributed by atoms with Gasteiger partial charge in [0.1, 0.15) is 6.10 Å². The molecule has 2 atom stereocenters. The van der Waals surface area contributed by atoms with E-state index in [9.17, 15) is 9.59 Å². The van der Waals surface area contributed by atoms with Crippen LogP contribution in [0.5, 0.6) is 0 Å². The molecule has 2 unspecified atom stereocenters. The second-order valence-electron chi connectivity index (χ2n) is 4.85. The molecule has 0 aromatic heterocycles. The lowest BCUT2D eigenvalue weighted by Crippen LogP contribution is -2.32. The molecule has 1 heterocycles. The van der Waals surface area contributed by atoms with E-state index in [-0.39, 0.29) is 17.9 Å². The van der Waals surface area contributed by atoms with Crippen molar-refractivity contribution < 1.29 is 14.3 Å². The number of anilines is 2. The zero-order valence-electron chi connectivity index (χ0n) is 11.4. The van der Waals surface area contributed by atoms with Crippen LogP contribution in [-0.4, -0.2) is 30.6 Å². The molecule has 1 saturated heterocycles. The van der Waals surface area contributed by atoms with Gasteiger partial charge in [0, 0.05) is 18.0 Å². The summed E-state index contributed by atoms with van der Waals surface area (Å²) in [6, 6.07) is 6.32. The minimum absolute atomic E-state index is 0.130. The maximum Gasteiger partial charge on any atom is 0.253 e. The van der Waals surface area contributed by atoms with Gasteiger partial charge in [0.2, 0.25) is 5.91 Å². The number of hydrogen-bond acceptors (Lipinski definition) is 4. The van der Waals surface area contributed by atoms with Crippen LogP contribution in [0.2, 0.25) is 0 Å². The van der Waals surface area contributed by atoms with E-state index in [1.807, 2.05) is 0 Å². The highest BCUT2D eigenvalue weighted by atomic mass is 16.5. The van der Waals surface area contributed by atoms with Crippen LogP contribution >= 0.6 is 0 Å². The normalized spacial score (nSPS) is 19.4. The van der Waals surface area contributed by atoms with Gasteiger partial charge in [-0.15, -0.1) is 0 Å². The molecule has 4 N–H and O–H groups in total. The SMILES string of the molecule is CC(N)C(=O)Nc1ccc(NC(=O)C2CCCO2)cc1. The maximum atomic E-state index is 11.8. The van der Waals surface area contributed by atoms with E-state index >= 15 is 0 Å². The highest BCUT2D eigenvalue weighted by Gasteiger charge is 2.23. The van der Waals surface area contributed by atoms with Gasteiger partial charge in [-0.1, -0.05) is 0 Å². The molecule has 0 radical (unpaired) electrons. The third kappa shape index (κ3) is 3.79. The molecule has 0 spiro atoms. The number of nitrogens with two attached hydrogens (primary N) is 1. The Morgan fingerprint density at radius 1 is 1.25 bits per heavy atom. The number of nitrogens with one attached hydrogen (secondary N) is 2. The number of hydrogen-bond donors (Lipinski definition) is 3. The highest BCUT2D eigenvalue weighted by Crippen LogP contribution is 2.17. The molecular formula is C14H19N3O3. The molecule has 1 aliphatic heterocycles. The Bertz CT molecular complexity index is 479. The van der Waals surface area contributed by atoms with Crippen LogP contribution in [0.15, 0.2) is 24.3 Å². The van der Waals surface area contributed by atoms with Crippen LogP contribution in [0.1, 0.15) is 19.8 Å². The summed E-state index contributed by atoms with van der Waals surface area (Å²) in [5, 5.41) is 5.46. The summed E-state index contributed by atoms with van der Waals surface area (Å²) in [5.41, 5.74) is 6.78.